The Hall–Kier alpha value is -1.19. The molecule has 0 aliphatic carbocycles. The molecule has 1 fully saturated rings. The van der Waals surface area contributed by atoms with Gasteiger partial charge in [-0.15, -0.1) is 0 Å². The number of aliphatic carboxylic acids is 1. The quantitative estimate of drug-likeness (QED) is 0.613. The zero-order valence-corrected chi connectivity index (χ0v) is 11.1. The Labute approximate surface area is 105 Å². The molecule has 0 aromatic carbocycles. The van der Waals surface area contributed by atoms with Gasteiger partial charge in [-0.25, -0.2) is 4.31 Å². The van der Waals surface area contributed by atoms with Crippen molar-refractivity contribution in [3.8, 4) is 0 Å². The van der Waals surface area contributed by atoms with Gasteiger partial charge in [-0.2, -0.15) is 8.42 Å². The van der Waals surface area contributed by atoms with E-state index in [-0.39, 0.29) is 0 Å². The molecule has 9 heteroatoms. The number of hydrogen-bond donors (Lipinski definition) is 2. The van der Waals surface area contributed by atoms with Crippen LogP contribution < -0.4 is 5.73 Å². The molecule has 8 nitrogen and oxygen atoms in total. The lowest BCUT2D eigenvalue weighted by Gasteiger charge is -2.41. The Morgan fingerprint density at radius 3 is 2.44 bits per heavy atom. The van der Waals surface area contributed by atoms with Crippen molar-refractivity contribution in [2.45, 2.75) is 32.9 Å². The minimum Gasteiger partial charge on any atom is -0.481 e. The molecule has 1 heterocycles. The van der Waals surface area contributed by atoms with Crippen LogP contribution in [0, 0.1) is 5.41 Å². The third kappa shape index (κ3) is 2.47. The molecule has 18 heavy (non-hydrogen) atoms. The van der Waals surface area contributed by atoms with Gasteiger partial charge >= 0.3 is 16.3 Å². The van der Waals surface area contributed by atoms with Crippen molar-refractivity contribution in [1.82, 2.24) is 4.31 Å². The molecule has 1 amide bonds. The van der Waals surface area contributed by atoms with Gasteiger partial charge in [0.1, 0.15) is 6.04 Å². The Morgan fingerprint density at radius 1 is 1.56 bits per heavy atom. The van der Waals surface area contributed by atoms with Gasteiger partial charge in [0.15, 0.2) is 0 Å². The van der Waals surface area contributed by atoms with Crippen molar-refractivity contribution < 1.29 is 27.3 Å². The molecule has 1 aliphatic rings. The molecule has 3 N–H and O–H groups in total. The SMILES string of the molecule is CC1C(N)C(=O)N1S(=O)(=O)OCC(C)(C)C(=O)O. The Kier molecular flexibility index (Phi) is 3.70. The number of rotatable bonds is 5. The van der Waals surface area contributed by atoms with Crippen molar-refractivity contribution in [1.29, 1.82) is 0 Å². The number of carbonyl (C=O) groups excluding carboxylic acids is 1. The van der Waals surface area contributed by atoms with Crippen LogP contribution in [0.25, 0.3) is 0 Å². The van der Waals surface area contributed by atoms with Crippen LogP contribution in [0.4, 0.5) is 0 Å². The van der Waals surface area contributed by atoms with E-state index in [0.29, 0.717) is 4.31 Å². The van der Waals surface area contributed by atoms with Crippen LogP contribution >= 0.6 is 0 Å². The molecular formula is C9H16N2O6S. The molecular weight excluding hydrogens is 264 g/mol. The highest BCUT2D eigenvalue weighted by molar-refractivity contribution is 7.85. The molecule has 2 unspecified atom stereocenters. The second kappa shape index (κ2) is 4.48. The lowest BCUT2D eigenvalue weighted by atomic mass is 9.96. The molecule has 1 aliphatic heterocycles. The van der Waals surface area contributed by atoms with E-state index in [4.69, 9.17) is 10.8 Å². The lowest BCUT2D eigenvalue weighted by molar-refractivity contribution is -0.148. The number of β-lactam (4-membered cyclic amide) rings is 1. The average molecular weight is 280 g/mol. The highest BCUT2D eigenvalue weighted by Crippen LogP contribution is 2.25. The smallest absolute Gasteiger partial charge is 0.365 e. The van der Waals surface area contributed by atoms with E-state index in [1.165, 1.54) is 20.8 Å². The molecule has 0 saturated carbocycles. The van der Waals surface area contributed by atoms with E-state index in [1.54, 1.807) is 0 Å². The van der Waals surface area contributed by atoms with Gasteiger partial charge in [-0.1, -0.05) is 0 Å². The maximum atomic E-state index is 11.7. The fourth-order valence-electron chi connectivity index (χ4n) is 1.27. The van der Waals surface area contributed by atoms with E-state index in [2.05, 4.69) is 4.18 Å². The minimum atomic E-state index is -4.28. The standard InChI is InChI=1S/C9H16N2O6S/c1-5-6(10)7(12)11(5)18(15,16)17-4-9(2,3)8(13)14/h5-6H,4,10H2,1-3H3,(H,13,14). The first kappa shape index (κ1) is 14.9. The van der Waals surface area contributed by atoms with Crippen LogP contribution in [0.15, 0.2) is 0 Å². The second-order valence-corrected chi connectivity index (χ2v) is 6.29. The first-order valence-electron chi connectivity index (χ1n) is 5.22. The summed E-state index contributed by atoms with van der Waals surface area (Å²) in [7, 11) is -4.28. The van der Waals surface area contributed by atoms with Crippen LogP contribution in [-0.2, 0) is 24.1 Å². The minimum absolute atomic E-state index is 0.523. The van der Waals surface area contributed by atoms with E-state index < -0.39 is 46.3 Å². The van der Waals surface area contributed by atoms with Gasteiger partial charge in [-0.3, -0.25) is 13.8 Å². The van der Waals surface area contributed by atoms with E-state index in [9.17, 15) is 18.0 Å². The van der Waals surface area contributed by atoms with Gasteiger partial charge in [0.25, 0.3) is 5.91 Å². The summed E-state index contributed by atoms with van der Waals surface area (Å²) in [6.45, 7) is 3.54. The van der Waals surface area contributed by atoms with E-state index in [0.717, 1.165) is 0 Å². The summed E-state index contributed by atoms with van der Waals surface area (Å²) in [6.07, 6.45) is 0. The summed E-state index contributed by atoms with van der Waals surface area (Å²) in [4.78, 5) is 22.1. The number of nitrogens with two attached hydrogens (primary N) is 1. The van der Waals surface area contributed by atoms with Crippen molar-refractivity contribution in [3.05, 3.63) is 0 Å². The first-order chi connectivity index (χ1) is 8.00. The summed E-state index contributed by atoms with van der Waals surface area (Å²) < 4.78 is 28.5. The highest BCUT2D eigenvalue weighted by atomic mass is 32.2. The first-order valence-corrected chi connectivity index (χ1v) is 6.59. The topological polar surface area (TPSA) is 127 Å². The molecule has 0 spiro atoms. The van der Waals surface area contributed by atoms with Gasteiger partial charge in [0.2, 0.25) is 0 Å². The van der Waals surface area contributed by atoms with Gasteiger partial charge < -0.3 is 10.8 Å². The van der Waals surface area contributed by atoms with Crippen LogP contribution in [0.1, 0.15) is 20.8 Å². The maximum absolute atomic E-state index is 11.7. The third-order valence-corrected chi connectivity index (χ3v) is 4.19. The van der Waals surface area contributed by atoms with Gasteiger partial charge in [0, 0.05) is 0 Å². The summed E-state index contributed by atoms with van der Waals surface area (Å²) in [6, 6.07) is -1.55. The fourth-order valence-corrected chi connectivity index (χ4v) is 2.71. The van der Waals surface area contributed by atoms with Crippen LogP contribution in [0.2, 0.25) is 0 Å². The number of nitrogens with zero attached hydrogens (tertiary/aromatic N) is 1. The predicted octanol–water partition coefficient (Wildman–Crippen LogP) is -1.08. The van der Waals surface area contributed by atoms with Crippen molar-refractivity contribution in [3.63, 3.8) is 0 Å². The second-order valence-electron chi connectivity index (χ2n) is 4.81. The maximum Gasteiger partial charge on any atom is 0.365 e. The number of amides is 1. The zero-order valence-electron chi connectivity index (χ0n) is 10.3. The Balaban J connectivity index is 2.73. The molecule has 1 saturated heterocycles. The molecule has 0 radical (unpaired) electrons. The number of hydrogen-bond acceptors (Lipinski definition) is 6. The molecule has 1 rings (SSSR count). The molecule has 0 aromatic heterocycles. The van der Waals surface area contributed by atoms with Crippen molar-refractivity contribution in [2.24, 2.45) is 11.1 Å². The van der Waals surface area contributed by atoms with Gasteiger partial charge in [0.05, 0.1) is 18.1 Å². The molecule has 104 valence electrons. The number of carboxylic acid groups (broad SMARTS) is 1. The summed E-state index contributed by atoms with van der Waals surface area (Å²) >= 11 is 0. The fraction of sp³-hybridized carbons (Fsp3) is 0.778. The summed E-state index contributed by atoms with van der Waals surface area (Å²) in [5, 5.41) is 8.82. The normalized spacial score (nSPS) is 24.9. The highest BCUT2D eigenvalue weighted by Gasteiger charge is 2.50. The molecule has 0 bridgehead atoms. The van der Waals surface area contributed by atoms with Crippen molar-refractivity contribution in [2.75, 3.05) is 6.61 Å². The van der Waals surface area contributed by atoms with Gasteiger partial charge in [-0.05, 0) is 20.8 Å². The van der Waals surface area contributed by atoms with Crippen LogP contribution in [0.5, 0.6) is 0 Å². The molecule has 2 atom stereocenters. The molecule has 0 aromatic rings. The Bertz CT molecular complexity index is 471. The summed E-state index contributed by atoms with van der Waals surface area (Å²) in [5.74, 6) is -1.95. The predicted molar refractivity (Wildman–Crippen MR) is 60.6 cm³/mol. The largest absolute Gasteiger partial charge is 0.481 e. The zero-order chi connectivity index (χ0) is 14.3. The average Bonchev–Trinajstić information content (AvgIpc) is 2.26. The number of carboxylic acids is 1. The lowest BCUT2D eigenvalue weighted by Crippen LogP contribution is -2.69. The van der Waals surface area contributed by atoms with Crippen LogP contribution in [-0.4, -0.2) is 48.4 Å². The third-order valence-electron chi connectivity index (χ3n) is 2.78. The van der Waals surface area contributed by atoms with E-state index in [1.807, 2.05) is 0 Å². The summed E-state index contributed by atoms with van der Waals surface area (Å²) in [5.41, 5.74) is 4.01. The number of carbonyl (C=O) groups is 2. The van der Waals surface area contributed by atoms with Crippen LogP contribution in [0.3, 0.4) is 0 Å². The Morgan fingerprint density at radius 2 is 2.06 bits per heavy atom. The monoisotopic (exact) mass is 280 g/mol. The van der Waals surface area contributed by atoms with Crippen molar-refractivity contribution >= 4 is 22.2 Å². The van der Waals surface area contributed by atoms with E-state index >= 15 is 0 Å².